The van der Waals surface area contributed by atoms with Gasteiger partial charge in [-0.15, -0.1) is 0 Å². The van der Waals surface area contributed by atoms with Crippen LogP contribution >= 0.6 is 0 Å². The van der Waals surface area contributed by atoms with E-state index in [0.29, 0.717) is 5.78 Å². The maximum atomic E-state index is 11.6. The number of hydrogen-bond acceptors (Lipinski definition) is 1. The second kappa shape index (κ2) is 4.96. The van der Waals surface area contributed by atoms with Crippen molar-refractivity contribution in [3.05, 3.63) is 11.6 Å². The van der Waals surface area contributed by atoms with Crippen molar-refractivity contribution < 1.29 is 4.79 Å². The normalized spacial score (nSPS) is 22.4. The van der Waals surface area contributed by atoms with Crippen LogP contribution in [0.15, 0.2) is 11.6 Å². The zero-order valence-electron chi connectivity index (χ0n) is 10.6. The Morgan fingerprint density at radius 1 is 1.40 bits per heavy atom. The molecule has 1 nitrogen and oxygen atoms in total. The van der Waals surface area contributed by atoms with Crippen LogP contribution in [0.25, 0.3) is 0 Å². The van der Waals surface area contributed by atoms with E-state index in [9.17, 15) is 4.79 Å². The Morgan fingerprint density at radius 2 is 2.07 bits per heavy atom. The Hall–Kier alpha value is -0.590. The van der Waals surface area contributed by atoms with E-state index in [1.807, 2.05) is 6.08 Å². The van der Waals surface area contributed by atoms with Crippen molar-refractivity contribution in [2.45, 2.75) is 59.8 Å². The standard InChI is InChI=1S/C14H24O/c1-5-6-11(2)7-12-8-13(15)10-14(3,4)9-12/h8,11H,5-7,9-10H2,1-4H3. The summed E-state index contributed by atoms with van der Waals surface area (Å²) in [5.74, 6) is 1.05. The second-order valence-electron chi connectivity index (χ2n) is 5.88. The molecule has 0 fully saturated rings. The molecule has 15 heavy (non-hydrogen) atoms. The van der Waals surface area contributed by atoms with Gasteiger partial charge in [0.05, 0.1) is 0 Å². The van der Waals surface area contributed by atoms with E-state index >= 15 is 0 Å². The van der Waals surface area contributed by atoms with Crippen LogP contribution in [0.3, 0.4) is 0 Å². The molecule has 0 aromatic heterocycles. The van der Waals surface area contributed by atoms with E-state index in [1.165, 1.54) is 18.4 Å². The molecule has 1 aliphatic rings. The molecule has 0 aromatic carbocycles. The molecule has 1 aliphatic carbocycles. The van der Waals surface area contributed by atoms with Crippen LogP contribution in [0.1, 0.15) is 59.8 Å². The molecule has 86 valence electrons. The molecular formula is C14H24O. The lowest BCUT2D eigenvalue weighted by atomic mass is 9.75. The Labute approximate surface area is 93.9 Å². The summed E-state index contributed by atoms with van der Waals surface area (Å²) >= 11 is 0. The third-order valence-corrected chi connectivity index (χ3v) is 3.12. The molecule has 0 bridgehead atoms. The number of hydrogen-bond donors (Lipinski definition) is 0. The monoisotopic (exact) mass is 208 g/mol. The molecular weight excluding hydrogens is 184 g/mol. The maximum Gasteiger partial charge on any atom is 0.156 e. The van der Waals surface area contributed by atoms with Crippen LogP contribution < -0.4 is 0 Å². The molecule has 0 radical (unpaired) electrons. The van der Waals surface area contributed by atoms with E-state index < -0.39 is 0 Å². The Balaban J connectivity index is 2.58. The minimum atomic E-state index is 0.188. The number of rotatable bonds is 4. The third kappa shape index (κ3) is 4.19. The highest BCUT2D eigenvalue weighted by Crippen LogP contribution is 2.36. The van der Waals surface area contributed by atoms with Crippen LogP contribution in [-0.4, -0.2) is 5.78 Å². The minimum Gasteiger partial charge on any atom is -0.295 e. The zero-order chi connectivity index (χ0) is 11.5. The molecule has 0 aliphatic heterocycles. The summed E-state index contributed by atoms with van der Waals surface area (Å²) in [5, 5.41) is 0. The zero-order valence-corrected chi connectivity index (χ0v) is 10.6. The van der Waals surface area contributed by atoms with Crippen LogP contribution in [0, 0.1) is 11.3 Å². The van der Waals surface area contributed by atoms with Crippen molar-refractivity contribution in [2.24, 2.45) is 11.3 Å². The predicted molar refractivity (Wildman–Crippen MR) is 64.8 cm³/mol. The summed E-state index contributed by atoms with van der Waals surface area (Å²) in [6.07, 6.45) is 7.35. The summed E-state index contributed by atoms with van der Waals surface area (Å²) in [6.45, 7) is 8.90. The van der Waals surface area contributed by atoms with Gasteiger partial charge in [0.15, 0.2) is 5.78 Å². The van der Waals surface area contributed by atoms with Crippen molar-refractivity contribution in [2.75, 3.05) is 0 Å². The van der Waals surface area contributed by atoms with Gasteiger partial charge < -0.3 is 0 Å². The van der Waals surface area contributed by atoms with Crippen molar-refractivity contribution in [1.82, 2.24) is 0 Å². The lowest BCUT2D eigenvalue weighted by molar-refractivity contribution is -0.117. The number of allylic oxidation sites excluding steroid dienone is 2. The fraction of sp³-hybridized carbons (Fsp3) is 0.786. The highest BCUT2D eigenvalue weighted by Gasteiger charge is 2.27. The number of carbonyl (C=O) groups excluding carboxylic acids is 1. The van der Waals surface area contributed by atoms with E-state index in [2.05, 4.69) is 27.7 Å². The minimum absolute atomic E-state index is 0.188. The topological polar surface area (TPSA) is 17.1 Å². The molecule has 0 saturated heterocycles. The molecule has 0 heterocycles. The van der Waals surface area contributed by atoms with Gasteiger partial charge in [-0.05, 0) is 30.3 Å². The van der Waals surface area contributed by atoms with Gasteiger partial charge in [-0.1, -0.05) is 46.1 Å². The van der Waals surface area contributed by atoms with E-state index in [1.54, 1.807) is 0 Å². The Bertz CT molecular complexity index is 261. The molecule has 0 aromatic rings. The summed E-state index contributed by atoms with van der Waals surface area (Å²) < 4.78 is 0. The van der Waals surface area contributed by atoms with Crippen LogP contribution in [0.4, 0.5) is 0 Å². The summed E-state index contributed by atoms with van der Waals surface area (Å²) in [7, 11) is 0. The van der Waals surface area contributed by atoms with E-state index in [0.717, 1.165) is 25.2 Å². The second-order valence-corrected chi connectivity index (χ2v) is 5.88. The van der Waals surface area contributed by atoms with Gasteiger partial charge >= 0.3 is 0 Å². The molecule has 1 heteroatoms. The van der Waals surface area contributed by atoms with Crippen LogP contribution in [0.5, 0.6) is 0 Å². The first-order valence-corrected chi connectivity index (χ1v) is 6.15. The first-order valence-electron chi connectivity index (χ1n) is 6.15. The largest absolute Gasteiger partial charge is 0.295 e. The van der Waals surface area contributed by atoms with Crippen LogP contribution in [0.2, 0.25) is 0 Å². The van der Waals surface area contributed by atoms with Crippen molar-refractivity contribution in [1.29, 1.82) is 0 Å². The fourth-order valence-corrected chi connectivity index (χ4v) is 2.65. The van der Waals surface area contributed by atoms with Crippen molar-refractivity contribution in [3.8, 4) is 0 Å². The first-order chi connectivity index (χ1) is 6.93. The van der Waals surface area contributed by atoms with Crippen molar-refractivity contribution >= 4 is 5.78 Å². The Morgan fingerprint density at radius 3 is 2.60 bits per heavy atom. The Kier molecular flexibility index (Phi) is 4.12. The van der Waals surface area contributed by atoms with Gasteiger partial charge in [0, 0.05) is 6.42 Å². The molecule has 0 spiro atoms. The summed E-state index contributed by atoms with van der Waals surface area (Å²) in [5.41, 5.74) is 1.56. The quantitative estimate of drug-likeness (QED) is 0.679. The highest BCUT2D eigenvalue weighted by molar-refractivity contribution is 5.91. The lowest BCUT2D eigenvalue weighted by Crippen LogP contribution is -2.22. The molecule has 1 unspecified atom stereocenters. The smallest absolute Gasteiger partial charge is 0.156 e. The van der Waals surface area contributed by atoms with Gasteiger partial charge in [-0.3, -0.25) is 4.79 Å². The number of ketones is 1. The molecule has 1 atom stereocenters. The summed E-state index contributed by atoms with van der Waals surface area (Å²) in [4.78, 5) is 11.6. The molecule has 0 N–H and O–H groups in total. The predicted octanol–water partition coefficient (Wildman–Crippen LogP) is 4.13. The van der Waals surface area contributed by atoms with Gasteiger partial charge in [0.1, 0.15) is 0 Å². The maximum absolute atomic E-state index is 11.6. The summed E-state index contributed by atoms with van der Waals surface area (Å²) in [6, 6.07) is 0. The van der Waals surface area contributed by atoms with E-state index in [-0.39, 0.29) is 5.41 Å². The van der Waals surface area contributed by atoms with Crippen molar-refractivity contribution in [3.63, 3.8) is 0 Å². The molecule has 0 amide bonds. The fourth-order valence-electron chi connectivity index (χ4n) is 2.65. The first kappa shape index (κ1) is 12.5. The lowest BCUT2D eigenvalue weighted by Gasteiger charge is -2.29. The van der Waals surface area contributed by atoms with Crippen LogP contribution in [-0.2, 0) is 4.79 Å². The SMILES string of the molecule is CCCC(C)CC1=CC(=O)CC(C)(C)C1. The molecule has 1 rings (SSSR count). The van der Waals surface area contributed by atoms with Gasteiger partial charge in [0.2, 0.25) is 0 Å². The van der Waals surface area contributed by atoms with Gasteiger partial charge in [0.25, 0.3) is 0 Å². The van der Waals surface area contributed by atoms with Gasteiger partial charge in [-0.25, -0.2) is 0 Å². The molecule has 0 saturated carbocycles. The van der Waals surface area contributed by atoms with E-state index in [4.69, 9.17) is 0 Å². The van der Waals surface area contributed by atoms with Gasteiger partial charge in [-0.2, -0.15) is 0 Å². The third-order valence-electron chi connectivity index (χ3n) is 3.12. The average Bonchev–Trinajstić information content (AvgIpc) is 1.99. The highest BCUT2D eigenvalue weighted by atomic mass is 16.1. The number of carbonyl (C=O) groups is 1. The average molecular weight is 208 g/mol.